The zero-order valence-corrected chi connectivity index (χ0v) is 20.4. The number of carbonyl (C=O) groups is 2. The number of carbonyl (C=O) groups excluding carboxylic acids is 2. The van der Waals surface area contributed by atoms with Crippen molar-refractivity contribution in [3.05, 3.63) is 47.2 Å². The number of pyridine rings is 1. The summed E-state index contributed by atoms with van der Waals surface area (Å²) in [7, 11) is 0. The molecule has 1 aliphatic rings. The smallest absolute Gasteiger partial charge is 0.319 e. The monoisotopic (exact) mass is 547 g/mol. The molecular weight excluding hydrogens is 519 g/mol. The van der Waals surface area contributed by atoms with Gasteiger partial charge in [0.1, 0.15) is 12.4 Å². The summed E-state index contributed by atoms with van der Waals surface area (Å²) in [4.78, 5) is 28.0. The van der Waals surface area contributed by atoms with Gasteiger partial charge in [0.15, 0.2) is 0 Å². The van der Waals surface area contributed by atoms with Crippen LogP contribution in [0, 0.1) is 5.92 Å². The Morgan fingerprint density at radius 2 is 2.06 bits per heavy atom. The summed E-state index contributed by atoms with van der Waals surface area (Å²) in [6.45, 7) is 8.32. The van der Waals surface area contributed by atoms with E-state index in [-0.39, 0.29) is 23.6 Å². The van der Waals surface area contributed by atoms with Crippen LogP contribution in [0.1, 0.15) is 51.4 Å². The van der Waals surface area contributed by atoms with Crippen molar-refractivity contribution in [3.8, 4) is 0 Å². The highest BCUT2D eigenvalue weighted by molar-refractivity contribution is 14.1. The Kier molecular flexibility index (Phi) is 8.32. The van der Waals surface area contributed by atoms with Crippen LogP contribution < -0.4 is 10.6 Å². The first kappa shape index (κ1) is 25.4. The maximum Gasteiger partial charge on any atom is 0.319 e. The quantitative estimate of drug-likeness (QED) is 0.263. The first-order valence-electron chi connectivity index (χ1n) is 9.94. The van der Waals surface area contributed by atoms with Crippen LogP contribution >= 0.6 is 22.6 Å². The van der Waals surface area contributed by atoms with Crippen LogP contribution in [0.15, 0.2) is 41.6 Å². The number of hydrogen-bond acceptors (Lipinski definition) is 4. The topological polar surface area (TPSA) is 80.3 Å². The predicted octanol–water partition coefficient (Wildman–Crippen LogP) is 4.87. The summed E-state index contributed by atoms with van der Waals surface area (Å²) in [5.41, 5.74) is 1.37. The van der Waals surface area contributed by atoms with Crippen LogP contribution in [-0.2, 0) is 9.53 Å². The van der Waals surface area contributed by atoms with E-state index < -0.39 is 22.2 Å². The Bertz CT molecular complexity index is 894. The number of nitrogens with one attached hydrogen (secondary N) is 2. The number of hydrogen-bond donors (Lipinski definition) is 2. The molecule has 6 nitrogen and oxygen atoms in total. The van der Waals surface area contributed by atoms with Crippen LogP contribution in [0.4, 0.5) is 14.6 Å². The van der Waals surface area contributed by atoms with Crippen LogP contribution in [0.25, 0.3) is 0 Å². The van der Waals surface area contributed by atoms with Crippen LogP contribution in [-0.4, -0.2) is 39.0 Å². The molecule has 3 atom stereocenters. The minimum Gasteiger partial charge on any atom is -0.363 e. The van der Waals surface area contributed by atoms with Gasteiger partial charge in [-0.05, 0) is 56.9 Å². The number of nitrogens with zero attached hydrogens (tertiary/aromatic N) is 1. The second-order valence-electron chi connectivity index (χ2n) is 8.14. The summed E-state index contributed by atoms with van der Waals surface area (Å²) in [5, 5.41) is 5.47. The predicted molar refractivity (Wildman–Crippen MR) is 124 cm³/mol. The second kappa shape index (κ2) is 10.2. The Hall–Kier alpha value is -1.88. The number of anilines is 1. The molecule has 0 bridgehead atoms. The summed E-state index contributed by atoms with van der Waals surface area (Å²) in [5.74, 6) is -0.234. The largest absolute Gasteiger partial charge is 0.363 e. The van der Waals surface area contributed by atoms with Gasteiger partial charge in [0, 0.05) is 41.3 Å². The number of amides is 2. The van der Waals surface area contributed by atoms with Gasteiger partial charge in [0.25, 0.3) is 5.91 Å². The number of ether oxygens (including phenoxy) is 1. The van der Waals surface area contributed by atoms with Crippen LogP contribution in [0.5, 0.6) is 0 Å². The average molecular weight is 547 g/mol. The molecule has 1 heterocycles. The third-order valence-electron chi connectivity index (χ3n) is 4.84. The molecule has 2 amide bonds. The zero-order chi connectivity index (χ0) is 23.4. The van der Waals surface area contributed by atoms with E-state index in [4.69, 9.17) is 4.74 Å². The number of allylic oxidation sites excluding steroid dienone is 1. The molecule has 170 valence electrons. The van der Waals surface area contributed by atoms with Crippen molar-refractivity contribution in [1.29, 1.82) is 0 Å². The van der Waals surface area contributed by atoms with E-state index >= 15 is 0 Å². The lowest BCUT2D eigenvalue weighted by Gasteiger charge is -2.21. The number of rotatable bonds is 9. The van der Waals surface area contributed by atoms with Crippen LogP contribution in [0.2, 0.25) is 0 Å². The van der Waals surface area contributed by atoms with Gasteiger partial charge >= 0.3 is 3.93 Å². The fourth-order valence-electron chi connectivity index (χ4n) is 3.17. The van der Waals surface area contributed by atoms with Crippen molar-refractivity contribution in [3.63, 3.8) is 0 Å². The molecule has 3 unspecified atom stereocenters. The summed E-state index contributed by atoms with van der Waals surface area (Å²) in [6, 6.07) is 2.64. The van der Waals surface area contributed by atoms with Gasteiger partial charge in [-0.25, -0.2) is 4.98 Å². The lowest BCUT2D eigenvalue weighted by atomic mass is 10.0. The van der Waals surface area contributed by atoms with Crippen molar-refractivity contribution >= 4 is 40.2 Å². The molecule has 1 aromatic rings. The lowest BCUT2D eigenvalue weighted by Crippen LogP contribution is -2.35. The molecule has 0 radical (unpaired) electrons. The molecule has 0 spiro atoms. The van der Waals surface area contributed by atoms with Crippen molar-refractivity contribution in [2.45, 2.75) is 56.6 Å². The van der Waals surface area contributed by atoms with Crippen molar-refractivity contribution < 1.29 is 23.1 Å². The molecular formula is C22H28F2IN3O3. The molecule has 31 heavy (non-hydrogen) atoms. The van der Waals surface area contributed by atoms with Gasteiger partial charge in [-0.2, -0.15) is 8.78 Å². The normalized spacial score (nSPS) is 21.8. The fraction of sp³-hybridized carbons (Fsp3) is 0.500. The highest BCUT2D eigenvalue weighted by Crippen LogP contribution is 2.49. The molecule has 2 rings (SSSR count). The minimum atomic E-state index is -2.94. The van der Waals surface area contributed by atoms with Crippen molar-refractivity contribution in [1.82, 2.24) is 10.3 Å². The first-order valence-corrected chi connectivity index (χ1v) is 11.0. The van der Waals surface area contributed by atoms with Gasteiger partial charge in [-0.15, -0.1) is 0 Å². The maximum atomic E-state index is 13.3. The molecule has 1 aromatic heterocycles. The van der Waals surface area contributed by atoms with Gasteiger partial charge in [-0.3, -0.25) is 9.59 Å². The van der Waals surface area contributed by atoms with E-state index in [1.807, 2.05) is 39.8 Å². The van der Waals surface area contributed by atoms with Gasteiger partial charge in [0.05, 0.1) is 11.6 Å². The molecule has 1 saturated carbocycles. The van der Waals surface area contributed by atoms with E-state index in [0.717, 1.165) is 33.7 Å². The second-order valence-corrected chi connectivity index (χ2v) is 9.71. The van der Waals surface area contributed by atoms with E-state index in [1.54, 1.807) is 6.07 Å². The third-order valence-corrected chi connectivity index (χ3v) is 5.16. The molecule has 0 aromatic carbocycles. The molecule has 1 aliphatic carbocycles. The first-order chi connectivity index (χ1) is 14.3. The molecule has 0 aliphatic heterocycles. The molecule has 0 saturated heterocycles. The Balaban J connectivity index is 2.21. The van der Waals surface area contributed by atoms with Gasteiger partial charge < -0.3 is 15.4 Å². The molecule has 9 heteroatoms. The standard InChI is InChI=1S/C22H28F2IN3O3/c1-13(2)8-18(11-21(10-14(21)3)31-12-22(23,24)25)15(4)27-20(30)17-6-7-26-19(9-17)28-16(5)29/h6-9,11,14-15H,10,12H2,1-5H3,(H,27,30)(H,26,28,29)/b18-11+. The molecule has 1 fully saturated rings. The van der Waals surface area contributed by atoms with E-state index in [1.165, 1.54) is 19.2 Å². The van der Waals surface area contributed by atoms with Gasteiger partial charge in [0.2, 0.25) is 5.91 Å². The lowest BCUT2D eigenvalue weighted by molar-refractivity contribution is -0.114. The number of aromatic nitrogens is 1. The Morgan fingerprint density at radius 3 is 2.58 bits per heavy atom. The highest BCUT2D eigenvalue weighted by atomic mass is 127. The summed E-state index contributed by atoms with van der Waals surface area (Å²) in [6.07, 6.45) is 5.85. The minimum absolute atomic E-state index is 0.107. The average Bonchev–Trinajstić information content (AvgIpc) is 3.27. The van der Waals surface area contributed by atoms with E-state index in [9.17, 15) is 18.4 Å². The van der Waals surface area contributed by atoms with E-state index in [2.05, 4.69) is 15.6 Å². The fourth-order valence-corrected chi connectivity index (χ4v) is 3.33. The van der Waals surface area contributed by atoms with Gasteiger partial charge in [-0.1, -0.05) is 18.6 Å². The Morgan fingerprint density at radius 1 is 1.42 bits per heavy atom. The SMILES string of the molecule is CC(=O)Nc1cc(C(=O)NC(C)/C(C=C(C)C)=C/C2(OCC(F)(F)I)CC2C)ccn1. The highest BCUT2D eigenvalue weighted by Gasteiger charge is 2.52. The van der Waals surface area contributed by atoms with Crippen LogP contribution in [0.3, 0.4) is 0 Å². The van der Waals surface area contributed by atoms with Crippen molar-refractivity contribution in [2.24, 2.45) is 5.92 Å². The zero-order valence-electron chi connectivity index (χ0n) is 18.3. The summed E-state index contributed by atoms with van der Waals surface area (Å²) < 4.78 is 29.3. The third kappa shape index (κ3) is 7.95. The number of halogens is 3. The van der Waals surface area contributed by atoms with Crippen molar-refractivity contribution in [2.75, 3.05) is 11.9 Å². The number of alkyl halides is 3. The van der Waals surface area contributed by atoms with E-state index in [0.29, 0.717) is 12.0 Å². The maximum absolute atomic E-state index is 13.3. The molecule has 2 N–H and O–H groups in total. The Labute approximate surface area is 195 Å². The summed E-state index contributed by atoms with van der Waals surface area (Å²) >= 11 is 1.07.